The van der Waals surface area contributed by atoms with Crippen molar-refractivity contribution < 1.29 is 9.90 Å². The molecule has 0 fully saturated rings. The summed E-state index contributed by atoms with van der Waals surface area (Å²) in [5.41, 5.74) is 1.32. The molecule has 0 radical (unpaired) electrons. The van der Waals surface area contributed by atoms with Gasteiger partial charge >= 0.3 is 5.97 Å². The number of aliphatic carboxylic acids is 1. The van der Waals surface area contributed by atoms with E-state index in [2.05, 4.69) is 41.3 Å². The summed E-state index contributed by atoms with van der Waals surface area (Å²) >= 11 is 0. The van der Waals surface area contributed by atoms with Crippen molar-refractivity contribution in [3.8, 4) is 0 Å². The molecule has 1 N–H and O–H groups in total. The fourth-order valence-corrected chi connectivity index (χ4v) is 2.22. The molecule has 0 heterocycles. The van der Waals surface area contributed by atoms with Crippen molar-refractivity contribution in [1.29, 1.82) is 0 Å². The Hall–Kier alpha value is -1.87. The van der Waals surface area contributed by atoms with Crippen molar-refractivity contribution in [3.05, 3.63) is 48.0 Å². The van der Waals surface area contributed by atoms with Crippen molar-refractivity contribution in [2.75, 3.05) is 20.1 Å². The molecule has 0 aliphatic heterocycles. The van der Waals surface area contributed by atoms with Crippen LogP contribution in [0.3, 0.4) is 0 Å². The van der Waals surface area contributed by atoms with E-state index in [1.165, 1.54) is 16.3 Å². The Labute approximate surface area is 113 Å². The van der Waals surface area contributed by atoms with Gasteiger partial charge in [-0.3, -0.25) is 4.79 Å². The average Bonchev–Trinajstić information content (AvgIpc) is 2.42. The summed E-state index contributed by atoms with van der Waals surface area (Å²) in [5, 5.41) is 11.2. The minimum Gasteiger partial charge on any atom is -0.481 e. The summed E-state index contributed by atoms with van der Waals surface area (Å²) in [6.07, 6.45) is 1.14. The lowest BCUT2D eigenvalue weighted by Crippen LogP contribution is -2.24. The van der Waals surface area contributed by atoms with Crippen molar-refractivity contribution >= 4 is 16.7 Å². The number of nitrogens with zero attached hydrogens (tertiary/aromatic N) is 1. The van der Waals surface area contributed by atoms with E-state index < -0.39 is 5.97 Å². The van der Waals surface area contributed by atoms with E-state index in [1.807, 2.05) is 13.1 Å². The Bertz CT molecular complexity index is 560. The van der Waals surface area contributed by atoms with Crippen LogP contribution in [0.15, 0.2) is 42.5 Å². The third-order valence-corrected chi connectivity index (χ3v) is 3.35. The van der Waals surface area contributed by atoms with Crippen molar-refractivity contribution in [1.82, 2.24) is 4.90 Å². The summed E-state index contributed by atoms with van der Waals surface area (Å²) in [4.78, 5) is 12.6. The molecule has 100 valence electrons. The molecule has 0 saturated heterocycles. The van der Waals surface area contributed by atoms with Gasteiger partial charge in [0.25, 0.3) is 0 Å². The highest BCUT2D eigenvalue weighted by Gasteiger charge is 2.04. The molecule has 19 heavy (non-hydrogen) atoms. The molecule has 3 nitrogen and oxygen atoms in total. The number of likely N-dealkylation sites (N-methyl/N-ethyl adjacent to an activating group) is 1. The van der Waals surface area contributed by atoms with Crippen LogP contribution in [0, 0.1) is 0 Å². The standard InChI is InChI=1S/C16H19NO2/c1-17(12-10-16(18)19)11-9-14-7-4-6-13-5-2-3-8-15(13)14/h2-8H,9-12H2,1H3,(H,18,19). The number of hydrogen-bond donors (Lipinski definition) is 1. The highest BCUT2D eigenvalue weighted by molar-refractivity contribution is 5.85. The van der Waals surface area contributed by atoms with Crippen LogP contribution in [0.2, 0.25) is 0 Å². The van der Waals surface area contributed by atoms with Gasteiger partial charge in [0.2, 0.25) is 0 Å². The lowest BCUT2D eigenvalue weighted by Gasteiger charge is -2.16. The number of carbonyl (C=O) groups is 1. The summed E-state index contributed by atoms with van der Waals surface area (Å²) < 4.78 is 0. The van der Waals surface area contributed by atoms with Gasteiger partial charge in [0.05, 0.1) is 6.42 Å². The molecule has 0 spiro atoms. The van der Waals surface area contributed by atoms with Crippen molar-refractivity contribution in [2.45, 2.75) is 12.8 Å². The average molecular weight is 257 g/mol. The Balaban J connectivity index is 2.00. The first-order valence-electron chi connectivity index (χ1n) is 6.54. The molecule has 0 amide bonds. The van der Waals surface area contributed by atoms with Crippen molar-refractivity contribution in [2.24, 2.45) is 0 Å². The fraction of sp³-hybridized carbons (Fsp3) is 0.312. The predicted molar refractivity (Wildman–Crippen MR) is 77.4 cm³/mol. The summed E-state index contributed by atoms with van der Waals surface area (Å²) in [5.74, 6) is -0.739. The van der Waals surface area contributed by atoms with Crippen LogP contribution in [0.4, 0.5) is 0 Å². The first kappa shape index (κ1) is 13.6. The Morgan fingerprint density at radius 3 is 2.63 bits per heavy atom. The number of benzene rings is 2. The second-order valence-electron chi connectivity index (χ2n) is 4.84. The highest BCUT2D eigenvalue weighted by atomic mass is 16.4. The van der Waals surface area contributed by atoms with Crippen LogP contribution in [-0.4, -0.2) is 36.1 Å². The second kappa shape index (κ2) is 6.34. The molecule has 0 saturated carbocycles. The monoisotopic (exact) mass is 257 g/mol. The fourth-order valence-electron chi connectivity index (χ4n) is 2.22. The van der Waals surface area contributed by atoms with Crippen LogP contribution in [0.5, 0.6) is 0 Å². The van der Waals surface area contributed by atoms with E-state index in [9.17, 15) is 4.79 Å². The molecule has 2 rings (SSSR count). The third kappa shape index (κ3) is 3.80. The molecule has 0 bridgehead atoms. The molecule has 0 atom stereocenters. The molecule has 0 aromatic heterocycles. The van der Waals surface area contributed by atoms with E-state index in [4.69, 9.17) is 5.11 Å². The zero-order valence-corrected chi connectivity index (χ0v) is 11.2. The van der Waals surface area contributed by atoms with Crippen LogP contribution in [-0.2, 0) is 11.2 Å². The molecular weight excluding hydrogens is 238 g/mol. The van der Waals surface area contributed by atoms with E-state index in [1.54, 1.807) is 0 Å². The molecule has 0 aliphatic carbocycles. The predicted octanol–water partition coefficient (Wildman–Crippen LogP) is 2.79. The maximum Gasteiger partial charge on any atom is 0.304 e. The number of carboxylic acids is 1. The minimum absolute atomic E-state index is 0.200. The van der Waals surface area contributed by atoms with E-state index >= 15 is 0 Å². The Morgan fingerprint density at radius 1 is 1.11 bits per heavy atom. The van der Waals surface area contributed by atoms with Crippen LogP contribution >= 0.6 is 0 Å². The van der Waals surface area contributed by atoms with E-state index in [0.29, 0.717) is 6.54 Å². The van der Waals surface area contributed by atoms with E-state index in [-0.39, 0.29) is 6.42 Å². The van der Waals surface area contributed by atoms with Crippen LogP contribution in [0.1, 0.15) is 12.0 Å². The van der Waals surface area contributed by atoms with Gasteiger partial charge in [-0.25, -0.2) is 0 Å². The quantitative estimate of drug-likeness (QED) is 0.865. The maximum atomic E-state index is 10.5. The summed E-state index contributed by atoms with van der Waals surface area (Å²) in [7, 11) is 1.97. The number of hydrogen-bond acceptors (Lipinski definition) is 2. The second-order valence-corrected chi connectivity index (χ2v) is 4.84. The van der Waals surface area contributed by atoms with Gasteiger partial charge in [-0.1, -0.05) is 42.5 Å². The Kier molecular flexibility index (Phi) is 4.53. The Morgan fingerprint density at radius 2 is 1.84 bits per heavy atom. The van der Waals surface area contributed by atoms with Gasteiger partial charge in [-0.2, -0.15) is 0 Å². The van der Waals surface area contributed by atoms with Gasteiger partial charge < -0.3 is 10.0 Å². The van der Waals surface area contributed by atoms with Crippen LogP contribution in [0.25, 0.3) is 10.8 Å². The first-order chi connectivity index (χ1) is 9.16. The topological polar surface area (TPSA) is 40.5 Å². The lowest BCUT2D eigenvalue weighted by molar-refractivity contribution is -0.137. The van der Waals surface area contributed by atoms with E-state index in [0.717, 1.165) is 13.0 Å². The normalized spacial score (nSPS) is 11.1. The van der Waals surface area contributed by atoms with Gasteiger partial charge in [-0.15, -0.1) is 0 Å². The summed E-state index contributed by atoms with van der Waals surface area (Å²) in [6, 6.07) is 14.7. The minimum atomic E-state index is -0.739. The molecule has 0 aliphatic rings. The molecule has 2 aromatic carbocycles. The number of fused-ring (bicyclic) bond motifs is 1. The SMILES string of the molecule is CN(CCC(=O)O)CCc1cccc2ccccc12. The first-order valence-corrected chi connectivity index (χ1v) is 6.54. The lowest BCUT2D eigenvalue weighted by atomic mass is 10.0. The van der Waals surface area contributed by atoms with Crippen molar-refractivity contribution in [3.63, 3.8) is 0 Å². The molecule has 0 unspecified atom stereocenters. The zero-order chi connectivity index (χ0) is 13.7. The summed E-state index contributed by atoms with van der Waals surface area (Å²) in [6.45, 7) is 1.47. The largest absolute Gasteiger partial charge is 0.481 e. The van der Waals surface area contributed by atoms with Gasteiger partial charge in [-0.05, 0) is 29.8 Å². The van der Waals surface area contributed by atoms with Gasteiger partial charge in [0.15, 0.2) is 0 Å². The molecular formula is C16H19NO2. The van der Waals surface area contributed by atoms with Gasteiger partial charge in [0, 0.05) is 13.1 Å². The van der Waals surface area contributed by atoms with Crippen LogP contribution < -0.4 is 0 Å². The maximum absolute atomic E-state index is 10.5. The highest BCUT2D eigenvalue weighted by Crippen LogP contribution is 2.18. The third-order valence-electron chi connectivity index (χ3n) is 3.35. The van der Waals surface area contributed by atoms with Gasteiger partial charge in [0.1, 0.15) is 0 Å². The molecule has 3 heteroatoms. The number of rotatable bonds is 6. The number of carboxylic acid groups (broad SMARTS) is 1. The smallest absolute Gasteiger partial charge is 0.304 e. The zero-order valence-electron chi connectivity index (χ0n) is 11.2. The molecule has 2 aromatic rings.